The molecule has 1 heterocycles. The minimum atomic E-state index is -3.52. The van der Waals surface area contributed by atoms with Crippen LogP contribution in [0.5, 0.6) is 5.75 Å². The Morgan fingerprint density at radius 3 is 2.67 bits per heavy atom. The summed E-state index contributed by atoms with van der Waals surface area (Å²) >= 11 is 0. The SMILES string of the molecule is Cc1ccc(S(=O)(=O)NCCc2ccc3c(c2)NC(=O)CO3)cc1. The summed E-state index contributed by atoms with van der Waals surface area (Å²) in [5.74, 6) is 0.429. The van der Waals surface area contributed by atoms with Crippen molar-refractivity contribution in [3.63, 3.8) is 0 Å². The fraction of sp³-hybridized carbons (Fsp3) is 0.235. The van der Waals surface area contributed by atoms with Crippen molar-refractivity contribution in [3.8, 4) is 5.75 Å². The lowest BCUT2D eigenvalue weighted by molar-refractivity contribution is -0.118. The van der Waals surface area contributed by atoms with Crippen LogP contribution in [0.1, 0.15) is 11.1 Å². The Morgan fingerprint density at radius 1 is 1.17 bits per heavy atom. The van der Waals surface area contributed by atoms with Crippen LogP contribution in [-0.4, -0.2) is 27.5 Å². The van der Waals surface area contributed by atoms with Crippen LogP contribution in [0, 0.1) is 6.92 Å². The lowest BCUT2D eigenvalue weighted by Gasteiger charge is -2.18. The molecule has 7 heteroatoms. The number of aryl methyl sites for hydroxylation is 1. The number of hydrogen-bond donors (Lipinski definition) is 2. The number of anilines is 1. The molecule has 3 rings (SSSR count). The van der Waals surface area contributed by atoms with Crippen LogP contribution >= 0.6 is 0 Å². The van der Waals surface area contributed by atoms with Crippen molar-refractivity contribution < 1.29 is 17.9 Å². The number of fused-ring (bicyclic) bond motifs is 1. The molecular weight excluding hydrogens is 328 g/mol. The standard InChI is InChI=1S/C17H18N2O4S/c1-12-2-5-14(6-3-12)24(21,22)18-9-8-13-4-7-16-15(10-13)19-17(20)11-23-16/h2-7,10,18H,8-9,11H2,1H3,(H,19,20). The third-order valence-electron chi connectivity index (χ3n) is 3.71. The van der Waals surface area contributed by atoms with E-state index in [9.17, 15) is 13.2 Å². The second kappa shape index (κ2) is 6.62. The number of carbonyl (C=O) groups is 1. The van der Waals surface area contributed by atoms with Crippen LogP contribution in [0.25, 0.3) is 0 Å². The van der Waals surface area contributed by atoms with Crippen molar-refractivity contribution in [2.45, 2.75) is 18.2 Å². The average molecular weight is 346 g/mol. The normalized spacial score (nSPS) is 13.8. The Labute approximate surface area is 140 Å². The number of hydrogen-bond acceptors (Lipinski definition) is 4. The number of ether oxygens (including phenoxy) is 1. The van der Waals surface area contributed by atoms with Gasteiger partial charge in [0.15, 0.2) is 6.61 Å². The van der Waals surface area contributed by atoms with Gasteiger partial charge in [-0.2, -0.15) is 0 Å². The Bertz CT molecular complexity index is 861. The van der Waals surface area contributed by atoms with Crippen molar-refractivity contribution in [2.24, 2.45) is 0 Å². The van der Waals surface area contributed by atoms with Crippen molar-refractivity contribution in [3.05, 3.63) is 53.6 Å². The molecule has 24 heavy (non-hydrogen) atoms. The van der Waals surface area contributed by atoms with E-state index in [0.717, 1.165) is 11.1 Å². The van der Waals surface area contributed by atoms with Gasteiger partial charge < -0.3 is 10.1 Å². The maximum atomic E-state index is 12.2. The number of carbonyl (C=O) groups excluding carboxylic acids is 1. The minimum absolute atomic E-state index is 0.0166. The lowest BCUT2D eigenvalue weighted by atomic mass is 10.1. The summed E-state index contributed by atoms with van der Waals surface area (Å²) in [5, 5.41) is 2.74. The van der Waals surface area contributed by atoms with Gasteiger partial charge in [-0.15, -0.1) is 0 Å². The van der Waals surface area contributed by atoms with Crippen molar-refractivity contribution in [2.75, 3.05) is 18.5 Å². The van der Waals surface area contributed by atoms with E-state index >= 15 is 0 Å². The Hall–Kier alpha value is -2.38. The van der Waals surface area contributed by atoms with Crippen LogP contribution in [0.2, 0.25) is 0 Å². The van der Waals surface area contributed by atoms with Gasteiger partial charge in [0.2, 0.25) is 10.0 Å². The van der Waals surface area contributed by atoms with Gasteiger partial charge in [0.1, 0.15) is 5.75 Å². The second-order valence-corrected chi connectivity index (χ2v) is 7.40. The molecule has 126 valence electrons. The highest BCUT2D eigenvalue weighted by atomic mass is 32.2. The number of benzene rings is 2. The van der Waals surface area contributed by atoms with E-state index in [4.69, 9.17) is 4.74 Å². The maximum Gasteiger partial charge on any atom is 0.262 e. The van der Waals surface area contributed by atoms with Crippen LogP contribution in [-0.2, 0) is 21.2 Å². The molecule has 0 spiro atoms. The van der Waals surface area contributed by atoms with Gasteiger partial charge in [0.25, 0.3) is 5.91 Å². The molecule has 0 unspecified atom stereocenters. The zero-order valence-corrected chi connectivity index (χ0v) is 14.0. The monoisotopic (exact) mass is 346 g/mol. The molecule has 0 atom stereocenters. The zero-order valence-electron chi connectivity index (χ0n) is 13.2. The predicted octanol–water partition coefficient (Wildman–Crippen LogP) is 1.85. The molecule has 6 nitrogen and oxygen atoms in total. The first-order valence-corrected chi connectivity index (χ1v) is 9.04. The summed E-state index contributed by atoms with van der Waals surface area (Å²) < 4.78 is 32.3. The largest absolute Gasteiger partial charge is 0.482 e. The Balaban J connectivity index is 1.63. The van der Waals surface area contributed by atoms with E-state index in [2.05, 4.69) is 10.0 Å². The van der Waals surface area contributed by atoms with E-state index in [0.29, 0.717) is 17.9 Å². The molecule has 1 aliphatic heterocycles. The summed E-state index contributed by atoms with van der Waals surface area (Å²) in [7, 11) is -3.52. The molecule has 1 amide bonds. The quantitative estimate of drug-likeness (QED) is 0.865. The highest BCUT2D eigenvalue weighted by Crippen LogP contribution is 2.28. The van der Waals surface area contributed by atoms with Gasteiger partial charge in [-0.3, -0.25) is 4.79 Å². The van der Waals surface area contributed by atoms with Gasteiger partial charge in [0, 0.05) is 6.54 Å². The summed E-state index contributed by atoms with van der Waals surface area (Å²) in [6.45, 7) is 2.19. The molecule has 0 saturated heterocycles. The highest BCUT2D eigenvalue weighted by Gasteiger charge is 2.16. The van der Waals surface area contributed by atoms with Crippen LogP contribution in [0.4, 0.5) is 5.69 Å². The first-order chi connectivity index (χ1) is 11.4. The number of rotatable bonds is 5. The van der Waals surface area contributed by atoms with Gasteiger partial charge >= 0.3 is 0 Å². The molecule has 0 aliphatic carbocycles. The molecule has 2 aromatic carbocycles. The predicted molar refractivity (Wildman–Crippen MR) is 90.6 cm³/mol. The molecule has 0 saturated carbocycles. The first-order valence-electron chi connectivity index (χ1n) is 7.56. The zero-order chi connectivity index (χ0) is 17.2. The van der Waals surface area contributed by atoms with E-state index in [1.54, 1.807) is 36.4 Å². The number of sulfonamides is 1. The summed E-state index contributed by atoms with van der Waals surface area (Å²) in [6, 6.07) is 12.1. The van der Waals surface area contributed by atoms with Crippen molar-refractivity contribution in [1.82, 2.24) is 4.72 Å². The fourth-order valence-electron chi connectivity index (χ4n) is 2.42. The summed E-state index contributed by atoms with van der Waals surface area (Å²) in [4.78, 5) is 11.6. The van der Waals surface area contributed by atoms with E-state index in [1.165, 1.54) is 0 Å². The Kier molecular flexibility index (Phi) is 4.55. The summed E-state index contributed by atoms with van der Waals surface area (Å²) in [5.41, 5.74) is 2.53. The lowest BCUT2D eigenvalue weighted by Crippen LogP contribution is -2.27. The molecule has 2 N–H and O–H groups in total. The topological polar surface area (TPSA) is 84.5 Å². The molecule has 0 fully saturated rings. The molecule has 0 radical (unpaired) electrons. The smallest absolute Gasteiger partial charge is 0.262 e. The first kappa shape index (κ1) is 16.5. The van der Waals surface area contributed by atoms with Crippen molar-refractivity contribution in [1.29, 1.82) is 0 Å². The van der Waals surface area contributed by atoms with Gasteiger partial charge in [-0.05, 0) is 43.2 Å². The van der Waals surface area contributed by atoms with Gasteiger partial charge in [-0.1, -0.05) is 23.8 Å². The van der Waals surface area contributed by atoms with Crippen LogP contribution < -0.4 is 14.8 Å². The Morgan fingerprint density at radius 2 is 1.92 bits per heavy atom. The van der Waals surface area contributed by atoms with E-state index < -0.39 is 10.0 Å². The van der Waals surface area contributed by atoms with Crippen molar-refractivity contribution >= 4 is 21.6 Å². The molecule has 2 aromatic rings. The molecule has 1 aliphatic rings. The summed E-state index contributed by atoms with van der Waals surface area (Å²) in [6.07, 6.45) is 0.508. The number of amides is 1. The third kappa shape index (κ3) is 3.74. The van der Waals surface area contributed by atoms with E-state index in [-0.39, 0.29) is 24.0 Å². The van der Waals surface area contributed by atoms with E-state index in [1.807, 2.05) is 13.0 Å². The van der Waals surface area contributed by atoms with Gasteiger partial charge in [0.05, 0.1) is 10.6 Å². The van der Waals surface area contributed by atoms with Crippen LogP contribution in [0.15, 0.2) is 47.4 Å². The molecule has 0 aromatic heterocycles. The second-order valence-electron chi connectivity index (χ2n) is 5.63. The third-order valence-corrected chi connectivity index (χ3v) is 5.19. The maximum absolute atomic E-state index is 12.2. The highest BCUT2D eigenvalue weighted by molar-refractivity contribution is 7.89. The van der Waals surface area contributed by atoms with Gasteiger partial charge in [-0.25, -0.2) is 13.1 Å². The average Bonchev–Trinajstić information content (AvgIpc) is 2.54. The fourth-order valence-corrected chi connectivity index (χ4v) is 3.45. The molecular formula is C17H18N2O4S. The van der Waals surface area contributed by atoms with Crippen LogP contribution in [0.3, 0.4) is 0 Å². The number of nitrogens with one attached hydrogen (secondary N) is 2. The minimum Gasteiger partial charge on any atom is -0.482 e. The molecule has 0 bridgehead atoms.